The Bertz CT molecular complexity index is 392. The van der Waals surface area contributed by atoms with Crippen molar-refractivity contribution in [3.05, 3.63) is 30.1 Å². The fourth-order valence-electron chi connectivity index (χ4n) is 2.53. The summed E-state index contributed by atoms with van der Waals surface area (Å²) in [7, 11) is 0. The zero-order chi connectivity index (χ0) is 15.1. The lowest BCUT2D eigenvalue weighted by Crippen LogP contribution is -2.48. The second-order valence-electron chi connectivity index (χ2n) is 5.97. The fraction of sp³-hybridized carbons (Fsp3) is 0.688. The Kier molecular flexibility index (Phi) is 6.57. The molecule has 0 aromatic carbocycles. The van der Waals surface area contributed by atoms with Gasteiger partial charge in [0.2, 0.25) is 0 Å². The Balaban J connectivity index is 1.66. The Labute approximate surface area is 127 Å². The molecule has 118 valence electrons. The summed E-state index contributed by atoms with van der Waals surface area (Å²) in [6, 6.07) is 4.10. The highest BCUT2D eigenvalue weighted by Gasteiger charge is 2.19. The first-order valence-electron chi connectivity index (χ1n) is 7.77. The van der Waals surface area contributed by atoms with Gasteiger partial charge in [0.1, 0.15) is 0 Å². The van der Waals surface area contributed by atoms with E-state index in [2.05, 4.69) is 20.9 Å². The van der Waals surface area contributed by atoms with Crippen LogP contribution in [-0.2, 0) is 11.3 Å². The van der Waals surface area contributed by atoms with Crippen LogP contribution < -0.4 is 0 Å². The zero-order valence-corrected chi connectivity index (χ0v) is 13.1. The molecule has 21 heavy (non-hydrogen) atoms. The topological polar surface area (TPSA) is 48.8 Å². The minimum Gasteiger partial charge on any atom is -0.389 e. The van der Waals surface area contributed by atoms with Crippen molar-refractivity contribution in [3.8, 4) is 0 Å². The summed E-state index contributed by atoms with van der Waals surface area (Å²) >= 11 is 0. The molecule has 5 nitrogen and oxygen atoms in total. The molecule has 0 spiro atoms. The molecule has 1 fully saturated rings. The minimum absolute atomic E-state index is 0.177. The van der Waals surface area contributed by atoms with Crippen molar-refractivity contribution in [1.29, 1.82) is 0 Å². The van der Waals surface area contributed by atoms with Crippen LogP contribution in [0.1, 0.15) is 19.4 Å². The van der Waals surface area contributed by atoms with Gasteiger partial charge in [0.25, 0.3) is 0 Å². The number of ether oxygens (including phenoxy) is 1. The van der Waals surface area contributed by atoms with Gasteiger partial charge in [-0.05, 0) is 25.5 Å². The third-order valence-corrected chi connectivity index (χ3v) is 3.68. The van der Waals surface area contributed by atoms with Gasteiger partial charge in [0, 0.05) is 51.7 Å². The number of aliphatic hydroxyl groups excluding tert-OH is 1. The molecule has 0 unspecified atom stereocenters. The van der Waals surface area contributed by atoms with Gasteiger partial charge < -0.3 is 9.84 Å². The van der Waals surface area contributed by atoms with E-state index in [1.807, 2.05) is 32.3 Å². The summed E-state index contributed by atoms with van der Waals surface area (Å²) in [6.07, 6.45) is 3.52. The molecule has 0 bridgehead atoms. The number of hydrogen-bond donors (Lipinski definition) is 1. The number of hydrogen-bond acceptors (Lipinski definition) is 5. The van der Waals surface area contributed by atoms with E-state index in [9.17, 15) is 5.11 Å². The van der Waals surface area contributed by atoms with Crippen molar-refractivity contribution in [1.82, 2.24) is 14.8 Å². The molecular weight excluding hydrogens is 266 g/mol. The van der Waals surface area contributed by atoms with E-state index < -0.39 is 6.10 Å². The Hall–Kier alpha value is -1.01. The molecule has 1 atom stereocenters. The lowest BCUT2D eigenvalue weighted by molar-refractivity contribution is -0.0148. The average molecular weight is 293 g/mol. The van der Waals surface area contributed by atoms with E-state index in [1.54, 1.807) is 0 Å². The van der Waals surface area contributed by atoms with Crippen molar-refractivity contribution >= 4 is 0 Å². The van der Waals surface area contributed by atoms with Crippen LogP contribution in [-0.4, -0.2) is 71.4 Å². The summed E-state index contributed by atoms with van der Waals surface area (Å²) in [5, 5.41) is 9.96. The first-order valence-corrected chi connectivity index (χ1v) is 7.77. The van der Waals surface area contributed by atoms with Crippen LogP contribution in [0.2, 0.25) is 0 Å². The number of aromatic nitrogens is 1. The van der Waals surface area contributed by atoms with E-state index in [0.717, 1.165) is 32.7 Å². The van der Waals surface area contributed by atoms with Gasteiger partial charge in [-0.1, -0.05) is 6.07 Å². The number of pyridine rings is 1. The number of piperazine rings is 1. The second kappa shape index (κ2) is 8.44. The maximum atomic E-state index is 9.96. The lowest BCUT2D eigenvalue weighted by atomic mass is 10.2. The first-order chi connectivity index (χ1) is 10.1. The summed E-state index contributed by atoms with van der Waals surface area (Å²) in [4.78, 5) is 8.90. The van der Waals surface area contributed by atoms with Crippen LogP contribution >= 0.6 is 0 Å². The van der Waals surface area contributed by atoms with Crippen molar-refractivity contribution in [2.75, 3.05) is 39.3 Å². The van der Waals surface area contributed by atoms with Crippen molar-refractivity contribution in [2.24, 2.45) is 0 Å². The third kappa shape index (κ3) is 6.09. The van der Waals surface area contributed by atoms with Gasteiger partial charge in [-0.3, -0.25) is 14.8 Å². The SMILES string of the molecule is CC(C)OC[C@H](O)CN1CCN(Cc2cccnc2)CC1. The van der Waals surface area contributed by atoms with Crippen LogP contribution in [0.25, 0.3) is 0 Å². The molecule has 1 aliphatic rings. The molecule has 0 saturated carbocycles. The molecule has 1 aromatic heterocycles. The molecule has 2 rings (SSSR count). The standard InChI is InChI=1S/C16H27N3O2/c1-14(2)21-13-16(20)12-19-8-6-18(7-9-19)11-15-4-3-5-17-10-15/h3-5,10,14,16,20H,6-9,11-13H2,1-2H3/t16-/m1/s1. The van der Waals surface area contributed by atoms with Gasteiger partial charge in [0.05, 0.1) is 18.8 Å². The maximum Gasteiger partial charge on any atom is 0.0900 e. The minimum atomic E-state index is -0.391. The van der Waals surface area contributed by atoms with E-state index >= 15 is 0 Å². The summed E-state index contributed by atoms with van der Waals surface area (Å²) in [5.41, 5.74) is 1.26. The molecule has 2 heterocycles. The van der Waals surface area contributed by atoms with E-state index in [0.29, 0.717) is 13.2 Å². The van der Waals surface area contributed by atoms with Crippen molar-refractivity contribution < 1.29 is 9.84 Å². The van der Waals surface area contributed by atoms with Gasteiger partial charge in [-0.2, -0.15) is 0 Å². The molecule has 0 amide bonds. The average Bonchev–Trinajstić information content (AvgIpc) is 2.48. The number of rotatable bonds is 7. The molecule has 5 heteroatoms. The number of aliphatic hydroxyl groups is 1. The van der Waals surface area contributed by atoms with E-state index in [4.69, 9.17) is 4.74 Å². The smallest absolute Gasteiger partial charge is 0.0900 e. The van der Waals surface area contributed by atoms with Crippen LogP contribution in [0.15, 0.2) is 24.5 Å². The zero-order valence-electron chi connectivity index (χ0n) is 13.1. The Morgan fingerprint density at radius 3 is 2.57 bits per heavy atom. The third-order valence-electron chi connectivity index (χ3n) is 3.68. The quantitative estimate of drug-likeness (QED) is 0.812. The normalized spacial score (nSPS) is 19.0. The van der Waals surface area contributed by atoms with E-state index in [-0.39, 0.29) is 6.10 Å². The molecule has 1 aliphatic heterocycles. The second-order valence-corrected chi connectivity index (χ2v) is 5.97. The van der Waals surface area contributed by atoms with Crippen LogP contribution in [0.5, 0.6) is 0 Å². The van der Waals surface area contributed by atoms with Gasteiger partial charge in [-0.15, -0.1) is 0 Å². The highest BCUT2D eigenvalue weighted by Crippen LogP contribution is 2.08. The van der Waals surface area contributed by atoms with Gasteiger partial charge in [0.15, 0.2) is 0 Å². The molecule has 0 aliphatic carbocycles. The molecular formula is C16H27N3O2. The van der Waals surface area contributed by atoms with Crippen LogP contribution in [0.4, 0.5) is 0 Å². The molecule has 1 N–H and O–H groups in total. The molecule has 0 radical (unpaired) electrons. The molecule has 1 aromatic rings. The predicted molar refractivity (Wildman–Crippen MR) is 83.0 cm³/mol. The monoisotopic (exact) mass is 293 g/mol. The van der Waals surface area contributed by atoms with Crippen molar-refractivity contribution in [3.63, 3.8) is 0 Å². The van der Waals surface area contributed by atoms with Crippen LogP contribution in [0.3, 0.4) is 0 Å². The number of β-amino-alcohol motifs (C(OH)–C–C–N with tert-alkyl or cyclic N) is 1. The summed E-state index contributed by atoms with van der Waals surface area (Å²) in [5.74, 6) is 0. The van der Waals surface area contributed by atoms with Gasteiger partial charge in [-0.25, -0.2) is 0 Å². The Morgan fingerprint density at radius 1 is 1.24 bits per heavy atom. The van der Waals surface area contributed by atoms with Crippen LogP contribution in [0, 0.1) is 0 Å². The Morgan fingerprint density at radius 2 is 1.95 bits per heavy atom. The first kappa shape index (κ1) is 16.4. The highest BCUT2D eigenvalue weighted by molar-refractivity contribution is 5.08. The number of nitrogens with zero attached hydrogens (tertiary/aromatic N) is 3. The fourth-order valence-corrected chi connectivity index (χ4v) is 2.53. The summed E-state index contributed by atoms with van der Waals surface area (Å²) < 4.78 is 5.45. The highest BCUT2D eigenvalue weighted by atomic mass is 16.5. The predicted octanol–water partition coefficient (Wildman–Crippen LogP) is 0.985. The van der Waals surface area contributed by atoms with Gasteiger partial charge >= 0.3 is 0 Å². The van der Waals surface area contributed by atoms with Crippen molar-refractivity contribution in [2.45, 2.75) is 32.6 Å². The summed E-state index contributed by atoms with van der Waals surface area (Å²) in [6.45, 7) is 10.1. The molecule has 1 saturated heterocycles. The largest absolute Gasteiger partial charge is 0.389 e. The van der Waals surface area contributed by atoms with E-state index in [1.165, 1.54) is 5.56 Å². The lowest BCUT2D eigenvalue weighted by Gasteiger charge is -2.35. The maximum absolute atomic E-state index is 9.96.